The normalized spacial score (nSPS) is 18.5. The lowest BCUT2D eigenvalue weighted by Crippen LogP contribution is -2.29. The van der Waals surface area contributed by atoms with Crippen molar-refractivity contribution < 1.29 is 18.9 Å². The Bertz CT molecular complexity index is 500. The minimum Gasteiger partial charge on any atom is -0.493 e. The smallest absolute Gasteiger partial charge is 0.161 e. The molecule has 0 bridgehead atoms. The maximum atomic E-state index is 5.91. The highest BCUT2D eigenvalue weighted by molar-refractivity contribution is 5.43. The molecule has 1 unspecified atom stereocenters. The highest BCUT2D eigenvalue weighted by Gasteiger charge is 2.23. The van der Waals surface area contributed by atoms with Crippen LogP contribution in [0.3, 0.4) is 0 Å². The molecule has 1 aliphatic rings. The molecule has 142 valence electrons. The first-order valence-corrected chi connectivity index (χ1v) is 9.23. The molecule has 1 aromatic rings. The largest absolute Gasteiger partial charge is 0.493 e. The fourth-order valence-corrected chi connectivity index (χ4v) is 3.19. The molecular weight excluding hydrogens is 318 g/mol. The number of rotatable bonds is 11. The summed E-state index contributed by atoms with van der Waals surface area (Å²) in [5, 5.41) is 3.42. The number of nitrogens with one attached hydrogen (secondary N) is 1. The SMILES string of the molecule is COCCCOc1cc(C[C@@H](CC2COCN2)C(C)C)ccc1OC. The quantitative estimate of drug-likeness (QED) is 0.620. The summed E-state index contributed by atoms with van der Waals surface area (Å²) >= 11 is 0. The first-order chi connectivity index (χ1) is 12.1. The van der Waals surface area contributed by atoms with E-state index in [1.54, 1.807) is 14.2 Å². The van der Waals surface area contributed by atoms with Gasteiger partial charge in [0.25, 0.3) is 0 Å². The van der Waals surface area contributed by atoms with E-state index in [0.29, 0.717) is 37.8 Å². The molecule has 0 radical (unpaired) electrons. The number of methoxy groups -OCH3 is 2. The number of ether oxygens (including phenoxy) is 4. The van der Waals surface area contributed by atoms with Crippen molar-refractivity contribution >= 4 is 0 Å². The maximum absolute atomic E-state index is 5.91. The minimum atomic E-state index is 0.468. The Balaban J connectivity index is 2.00. The van der Waals surface area contributed by atoms with Crippen LogP contribution < -0.4 is 14.8 Å². The molecule has 25 heavy (non-hydrogen) atoms. The zero-order chi connectivity index (χ0) is 18.1. The van der Waals surface area contributed by atoms with E-state index >= 15 is 0 Å². The van der Waals surface area contributed by atoms with Crippen LogP contribution in [0, 0.1) is 11.8 Å². The molecule has 1 fully saturated rings. The van der Waals surface area contributed by atoms with E-state index in [1.165, 1.54) is 5.56 Å². The molecule has 5 heteroatoms. The van der Waals surface area contributed by atoms with Crippen LogP contribution in [0.15, 0.2) is 18.2 Å². The molecule has 0 aliphatic carbocycles. The van der Waals surface area contributed by atoms with Gasteiger partial charge in [-0.05, 0) is 42.4 Å². The van der Waals surface area contributed by atoms with Gasteiger partial charge < -0.3 is 18.9 Å². The lowest BCUT2D eigenvalue weighted by Gasteiger charge is -2.24. The van der Waals surface area contributed by atoms with E-state index in [2.05, 4.69) is 31.3 Å². The summed E-state index contributed by atoms with van der Waals surface area (Å²) in [4.78, 5) is 0. The van der Waals surface area contributed by atoms with Crippen molar-refractivity contribution in [2.24, 2.45) is 11.8 Å². The van der Waals surface area contributed by atoms with Crippen LogP contribution in [0.2, 0.25) is 0 Å². The molecular formula is C20H33NO4. The van der Waals surface area contributed by atoms with Gasteiger partial charge in [-0.1, -0.05) is 19.9 Å². The third kappa shape index (κ3) is 6.49. The van der Waals surface area contributed by atoms with Gasteiger partial charge in [0.2, 0.25) is 0 Å². The van der Waals surface area contributed by atoms with Crippen LogP contribution in [-0.4, -0.2) is 46.8 Å². The van der Waals surface area contributed by atoms with Gasteiger partial charge in [-0.25, -0.2) is 0 Å². The molecule has 0 spiro atoms. The molecule has 5 nitrogen and oxygen atoms in total. The van der Waals surface area contributed by atoms with Crippen molar-refractivity contribution in [3.63, 3.8) is 0 Å². The maximum Gasteiger partial charge on any atom is 0.161 e. The predicted molar refractivity (Wildman–Crippen MR) is 99.4 cm³/mol. The molecule has 0 aromatic heterocycles. The van der Waals surface area contributed by atoms with Crippen molar-refractivity contribution in [3.8, 4) is 11.5 Å². The Kier molecular flexibility index (Phi) is 8.52. The van der Waals surface area contributed by atoms with E-state index in [1.807, 2.05) is 6.07 Å². The Labute approximate surface area is 152 Å². The minimum absolute atomic E-state index is 0.468. The zero-order valence-corrected chi connectivity index (χ0v) is 16.0. The number of benzene rings is 1. The summed E-state index contributed by atoms with van der Waals surface area (Å²) in [7, 11) is 3.39. The van der Waals surface area contributed by atoms with E-state index in [9.17, 15) is 0 Å². The van der Waals surface area contributed by atoms with Gasteiger partial charge in [-0.2, -0.15) is 0 Å². The van der Waals surface area contributed by atoms with Gasteiger partial charge in [0.15, 0.2) is 11.5 Å². The first kappa shape index (κ1) is 20.0. The second-order valence-corrected chi connectivity index (χ2v) is 7.04. The molecule has 2 rings (SSSR count). The molecule has 1 heterocycles. The van der Waals surface area contributed by atoms with Gasteiger partial charge >= 0.3 is 0 Å². The number of hydrogen-bond acceptors (Lipinski definition) is 5. The average molecular weight is 351 g/mol. The van der Waals surface area contributed by atoms with Crippen molar-refractivity contribution in [3.05, 3.63) is 23.8 Å². The summed E-state index contributed by atoms with van der Waals surface area (Å²) in [5.74, 6) is 2.83. The van der Waals surface area contributed by atoms with Gasteiger partial charge in [0, 0.05) is 26.2 Å². The standard InChI is InChI=1S/C20H33NO4/c1-15(2)17(12-18-13-24-14-21-18)10-16-6-7-19(23-4)20(11-16)25-9-5-8-22-3/h6-7,11,15,17-18,21H,5,8-10,12-14H2,1-4H3/t17-,18?/m0/s1. The van der Waals surface area contributed by atoms with E-state index < -0.39 is 0 Å². The number of hydrogen-bond donors (Lipinski definition) is 1. The topological polar surface area (TPSA) is 49.0 Å². The highest BCUT2D eigenvalue weighted by Crippen LogP contribution is 2.31. The molecule has 1 N–H and O–H groups in total. The Morgan fingerprint density at radius 2 is 2.04 bits per heavy atom. The lowest BCUT2D eigenvalue weighted by atomic mass is 9.84. The molecule has 0 amide bonds. The fourth-order valence-electron chi connectivity index (χ4n) is 3.19. The second kappa shape index (κ2) is 10.6. The van der Waals surface area contributed by atoms with Crippen LogP contribution >= 0.6 is 0 Å². The van der Waals surface area contributed by atoms with Crippen molar-refractivity contribution in [1.29, 1.82) is 0 Å². The molecule has 2 atom stereocenters. The molecule has 1 saturated heterocycles. The molecule has 0 saturated carbocycles. The summed E-state index contributed by atoms with van der Waals surface area (Å²) in [6.45, 7) is 7.42. The lowest BCUT2D eigenvalue weighted by molar-refractivity contribution is 0.170. The van der Waals surface area contributed by atoms with Crippen molar-refractivity contribution in [1.82, 2.24) is 5.32 Å². The van der Waals surface area contributed by atoms with Gasteiger partial charge in [-0.3, -0.25) is 5.32 Å². The summed E-state index contributed by atoms with van der Waals surface area (Å²) in [6, 6.07) is 6.75. The van der Waals surface area contributed by atoms with Crippen LogP contribution in [0.1, 0.15) is 32.3 Å². The second-order valence-electron chi connectivity index (χ2n) is 7.04. The van der Waals surface area contributed by atoms with Crippen LogP contribution in [0.5, 0.6) is 11.5 Å². The Morgan fingerprint density at radius 3 is 2.68 bits per heavy atom. The fraction of sp³-hybridized carbons (Fsp3) is 0.700. The average Bonchev–Trinajstić information content (AvgIpc) is 3.11. The van der Waals surface area contributed by atoms with Crippen LogP contribution in [-0.2, 0) is 15.9 Å². The van der Waals surface area contributed by atoms with Gasteiger partial charge in [0.05, 0.1) is 27.1 Å². The summed E-state index contributed by atoms with van der Waals surface area (Å²) in [5.41, 5.74) is 1.29. The van der Waals surface area contributed by atoms with Gasteiger partial charge in [0.1, 0.15) is 0 Å². The van der Waals surface area contributed by atoms with E-state index in [-0.39, 0.29) is 0 Å². The Morgan fingerprint density at radius 1 is 1.20 bits per heavy atom. The zero-order valence-electron chi connectivity index (χ0n) is 16.0. The predicted octanol–water partition coefficient (Wildman–Crippen LogP) is 3.26. The van der Waals surface area contributed by atoms with E-state index in [4.69, 9.17) is 18.9 Å². The molecule has 1 aromatic carbocycles. The first-order valence-electron chi connectivity index (χ1n) is 9.23. The van der Waals surface area contributed by atoms with Crippen LogP contribution in [0.25, 0.3) is 0 Å². The third-order valence-corrected chi connectivity index (χ3v) is 4.80. The summed E-state index contributed by atoms with van der Waals surface area (Å²) in [6.07, 6.45) is 3.04. The van der Waals surface area contributed by atoms with E-state index in [0.717, 1.165) is 37.4 Å². The van der Waals surface area contributed by atoms with Gasteiger partial charge in [-0.15, -0.1) is 0 Å². The van der Waals surface area contributed by atoms with Crippen LogP contribution in [0.4, 0.5) is 0 Å². The van der Waals surface area contributed by atoms with Crippen molar-refractivity contribution in [2.45, 2.75) is 39.2 Å². The molecule has 1 aliphatic heterocycles. The third-order valence-electron chi connectivity index (χ3n) is 4.80. The Hall–Kier alpha value is -1.30. The van der Waals surface area contributed by atoms with Crippen molar-refractivity contribution in [2.75, 3.05) is 40.8 Å². The summed E-state index contributed by atoms with van der Waals surface area (Å²) < 4.78 is 21.9. The monoisotopic (exact) mass is 351 g/mol. The highest BCUT2D eigenvalue weighted by atomic mass is 16.5.